The topological polar surface area (TPSA) is 49.7 Å². The summed E-state index contributed by atoms with van der Waals surface area (Å²) in [4.78, 5) is 12.6. The van der Waals surface area contributed by atoms with Gasteiger partial charge in [-0.15, -0.1) is 0 Å². The summed E-state index contributed by atoms with van der Waals surface area (Å²) in [5, 5.41) is 0. The lowest BCUT2D eigenvalue weighted by Crippen LogP contribution is -2.28. The molecule has 0 spiro atoms. The molecule has 4 rings (SSSR count). The predicted molar refractivity (Wildman–Crippen MR) is 100 cm³/mol. The zero-order chi connectivity index (χ0) is 18.1. The van der Waals surface area contributed by atoms with Crippen molar-refractivity contribution in [2.75, 3.05) is 20.3 Å². The highest BCUT2D eigenvalue weighted by Crippen LogP contribution is 2.35. The molecule has 0 amide bonds. The molecule has 26 heavy (non-hydrogen) atoms. The number of hydrogen-bond acceptors (Lipinski definition) is 4. The summed E-state index contributed by atoms with van der Waals surface area (Å²) < 4.78 is 18.9. The maximum Gasteiger partial charge on any atom is 0.254 e. The van der Waals surface area contributed by atoms with Crippen LogP contribution in [0, 0.1) is 6.92 Å². The summed E-state index contributed by atoms with van der Waals surface area (Å²) >= 11 is 0. The molecule has 1 saturated heterocycles. The van der Waals surface area contributed by atoms with Crippen LogP contribution in [0.3, 0.4) is 0 Å². The largest absolute Gasteiger partial charge is 0.496 e. The Hall–Kier alpha value is -2.27. The highest BCUT2D eigenvalue weighted by Gasteiger charge is 2.22. The first-order valence-corrected chi connectivity index (χ1v) is 9.33. The van der Waals surface area contributed by atoms with Crippen LogP contribution in [-0.2, 0) is 17.7 Å². The van der Waals surface area contributed by atoms with Crippen molar-refractivity contribution in [3.8, 4) is 22.8 Å². The van der Waals surface area contributed by atoms with Crippen molar-refractivity contribution < 1.29 is 14.2 Å². The summed E-state index contributed by atoms with van der Waals surface area (Å²) in [6, 6.07) is 7.58. The third kappa shape index (κ3) is 3.12. The quantitative estimate of drug-likeness (QED) is 0.844. The van der Waals surface area contributed by atoms with Gasteiger partial charge in [-0.1, -0.05) is 0 Å². The van der Waals surface area contributed by atoms with Crippen LogP contribution in [0.5, 0.6) is 11.5 Å². The average molecular weight is 355 g/mol. The van der Waals surface area contributed by atoms with Gasteiger partial charge in [0, 0.05) is 30.8 Å². The highest BCUT2D eigenvalue weighted by atomic mass is 16.5. The molecule has 2 aliphatic heterocycles. The second kappa shape index (κ2) is 7.16. The highest BCUT2D eigenvalue weighted by molar-refractivity contribution is 5.70. The molecule has 1 unspecified atom stereocenters. The van der Waals surface area contributed by atoms with Crippen LogP contribution in [-0.4, -0.2) is 31.0 Å². The Bertz CT molecular complexity index is 865. The van der Waals surface area contributed by atoms with Crippen molar-refractivity contribution in [3.05, 3.63) is 45.7 Å². The molecule has 1 fully saturated rings. The van der Waals surface area contributed by atoms with Gasteiger partial charge in [0.05, 0.1) is 18.9 Å². The van der Waals surface area contributed by atoms with Crippen LogP contribution in [0.4, 0.5) is 0 Å². The van der Waals surface area contributed by atoms with Gasteiger partial charge in [-0.3, -0.25) is 4.79 Å². The first-order valence-electron chi connectivity index (χ1n) is 9.33. The predicted octanol–water partition coefficient (Wildman–Crippen LogP) is 3.34. The van der Waals surface area contributed by atoms with Crippen LogP contribution in [0.25, 0.3) is 11.3 Å². The molecule has 138 valence electrons. The Morgan fingerprint density at radius 1 is 1.27 bits per heavy atom. The molecule has 1 aromatic heterocycles. The van der Waals surface area contributed by atoms with E-state index >= 15 is 0 Å². The first kappa shape index (κ1) is 17.2. The number of fused-ring (bicyclic) bond motifs is 3. The van der Waals surface area contributed by atoms with E-state index in [2.05, 4.69) is 6.92 Å². The summed E-state index contributed by atoms with van der Waals surface area (Å²) in [6.07, 6.45) is 4.28. The van der Waals surface area contributed by atoms with E-state index in [1.54, 1.807) is 13.2 Å². The Kier molecular flexibility index (Phi) is 4.72. The molecule has 0 bridgehead atoms. The van der Waals surface area contributed by atoms with E-state index in [4.69, 9.17) is 14.2 Å². The van der Waals surface area contributed by atoms with Gasteiger partial charge in [-0.05, 0) is 55.9 Å². The van der Waals surface area contributed by atoms with Crippen molar-refractivity contribution >= 4 is 0 Å². The van der Waals surface area contributed by atoms with Crippen LogP contribution < -0.4 is 15.0 Å². The molecule has 1 atom stereocenters. The number of benzene rings is 1. The Labute approximate surface area is 153 Å². The smallest absolute Gasteiger partial charge is 0.254 e. The molecule has 2 aromatic rings. The van der Waals surface area contributed by atoms with Gasteiger partial charge >= 0.3 is 0 Å². The molecule has 1 aromatic carbocycles. The Morgan fingerprint density at radius 2 is 2.15 bits per heavy atom. The van der Waals surface area contributed by atoms with Crippen molar-refractivity contribution in [2.24, 2.45) is 0 Å². The molecule has 5 nitrogen and oxygen atoms in total. The van der Waals surface area contributed by atoms with Gasteiger partial charge < -0.3 is 18.8 Å². The second-order valence-corrected chi connectivity index (χ2v) is 7.03. The number of nitrogens with zero attached hydrogens (tertiary/aromatic N) is 1. The van der Waals surface area contributed by atoms with Gasteiger partial charge in [0.2, 0.25) is 0 Å². The fourth-order valence-electron chi connectivity index (χ4n) is 3.98. The van der Waals surface area contributed by atoms with Gasteiger partial charge in [0.15, 0.2) is 0 Å². The summed E-state index contributed by atoms with van der Waals surface area (Å²) in [5.41, 5.74) is 4.39. The molecule has 0 N–H and O–H groups in total. The van der Waals surface area contributed by atoms with Crippen LogP contribution in [0.1, 0.15) is 30.4 Å². The zero-order valence-electron chi connectivity index (χ0n) is 15.4. The minimum Gasteiger partial charge on any atom is -0.496 e. The van der Waals surface area contributed by atoms with Gasteiger partial charge in [-0.25, -0.2) is 0 Å². The van der Waals surface area contributed by atoms with E-state index in [1.807, 2.05) is 22.8 Å². The number of pyridine rings is 1. The Morgan fingerprint density at radius 3 is 2.92 bits per heavy atom. The van der Waals surface area contributed by atoms with Crippen molar-refractivity contribution in [1.29, 1.82) is 0 Å². The summed E-state index contributed by atoms with van der Waals surface area (Å²) in [5.74, 6) is 1.51. The zero-order valence-corrected chi connectivity index (χ0v) is 15.4. The van der Waals surface area contributed by atoms with Crippen molar-refractivity contribution in [3.63, 3.8) is 0 Å². The fourth-order valence-corrected chi connectivity index (χ4v) is 3.98. The lowest BCUT2D eigenvalue weighted by molar-refractivity contribution is -0.0111. The average Bonchev–Trinajstić information content (AvgIpc) is 2.67. The monoisotopic (exact) mass is 355 g/mol. The third-order valence-electron chi connectivity index (χ3n) is 5.44. The SMILES string of the molecule is COc1ccc2c(c1C)CCn1c-2cc(OCC2CCCCO2)cc1=O. The van der Waals surface area contributed by atoms with Crippen LogP contribution in [0.2, 0.25) is 0 Å². The van der Waals surface area contributed by atoms with Crippen molar-refractivity contribution in [1.82, 2.24) is 4.57 Å². The Balaban J connectivity index is 1.65. The molecule has 2 aliphatic rings. The molecule has 0 radical (unpaired) electrons. The number of hydrogen-bond donors (Lipinski definition) is 0. The van der Waals surface area contributed by atoms with Gasteiger partial charge in [0.1, 0.15) is 18.1 Å². The van der Waals surface area contributed by atoms with E-state index in [9.17, 15) is 4.79 Å². The lowest BCUT2D eigenvalue weighted by Gasteiger charge is -2.26. The van der Waals surface area contributed by atoms with E-state index < -0.39 is 0 Å². The molecule has 5 heteroatoms. The maximum absolute atomic E-state index is 12.6. The van der Waals surface area contributed by atoms with E-state index in [-0.39, 0.29) is 11.7 Å². The third-order valence-corrected chi connectivity index (χ3v) is 5.44. The maximum atomic E-state index is 12.6. The second-order valence-electron chi connectivity index (χ2n) is 7.03. The number of methoxy groups -OCH3 is 1. The van der Waals surface area contributed by atoms with Gasteiger partial charge in [0.25, 0.3) is 5.56 Å². The number of aromatic nitrogens is 1. The van der Waals surface area contributed by atoms with Crippen LogP contribution in [0.15, 0.2) is 29.1 Å². The van der Waals surface area contributed by atoms with Crippen molar-refractivity contribution in [2.45, 2.75) is 45.3 Å². The fraction of sp³-hybridized carbons (Fsp3) is 0.476. The molecule has 3 heterocycles. The first-order chi connectivity index (χ1) is 12.7. The molecular formula is C21H25NO4. The minimum absolute atomic E-state index is 0.0128. The summed E-state index contributed by atoms with van der Waals surface area (Å²) in [7, 11) is 1.69. The standard InChI is InChI=1S/C21H25NO4/c1-14-17-8-9-22-19(18(17)6-7-20(14)24-2)11-16(12-21(22)23)26-13-15-5-3-4-10-25-15/h6-7,11-12,15H,3-5,8-10,13H2,1-2H3. The number of rotatable bonds is 4. The van der Waals surface area contributed by atoms with E-state index in [1.165, 1.54) is 12.0 Å². The normalized spacial score (nSPS) is 18.8. The summed E-state index contributed by atoms with van der Waals surface area (Å²) in [6.45, 7) is 4.06. The molecule has 0 aliphatic carbocycles. The van der Waals surface area contributed by atoms with E-state index in [0.29, 0.717) is 18.9 Å². The van der Waals surface area contributed by atoms with Crippen LogP contribution >= 0.6 is 0 Å². The number of ether oxygens (including phenoxy) is 3. The van der Waals surface area contributed by atoms with Gasteiger partial charge in [-0.2, -0.15) is 0 Å². The molecular weight excluding hydrogens is 330 g/mol. The minimum atomic E-state index is -0.0128. The molecule has 0 saturated carbocycles. The lowest BCUT2D eigenvalue weighted by atomic mass is 9.92. The van der Waals surface area contributed by atoms with E-state index in [0.717, 1.165) is 48.4 Å².